The Bertz CT molecular complexity index is 718. The van der Waals surface area contributed by atoms with Crippen LogP contribution in [0.3, 0.4) is 0 Å². The summed E-state index contributed by atoms with van der Waals surface area (Å²) < 4.78 is 1.85. The van der Waals surface area contributed by atoms with Gasteiger partial charge in [0.05, 0.1) is 6.10 Å². The summed E-state index contributed by atoms with van der Waals surface area (Å²) >= 11 is 0. The maximum atomic E-state index is 10.3. The first-order chi connectivity index (χ1) is 9.74. The first kappa shape index (κ1) is 12.9. The quantitative estimate of drug-likeness (QED) is 0.787. The highest BCUT2D eigenvalue weighted by molar-refractivity contribution is 5.83. The van der Waals surface area contributed by atoms with E-state index >= 15 is 0 Å². The van der Waals surface area contributed by atoms with Crippen LogP contribution in [0.2, 0.25) is 0 Å². The molecule has 0 aliphatic carbocycles. The minimum Gasteiger partial charge on any atom is -0.388 e. The number of aromatic nitrogens is 2. The minimum absolute atomic E-state index is 0.436. The van der Waals surface area contributed by atoms with Crippen molar-refractivity contribution in [2.24, 2.45) is 7.05 Å². The molecule has 0 amide bonds. The van der Waals surface area contributed by atoms with Crippen molar-refractivity contribution < 1.29 is 5.11 Å². The Morgan fingerprint density at radius 3 is 2.65 bits per heavy atom. The van der Waals surface area contributed by atoms with E-state index in [0.29, 0.717) is 6.42 Å². The zero-order valence-electron chi connectivity index (χ0n) is 11.5. The van der Waals surface area contributed by atoms with Crippen molar-refractivity contribution in [3.8, 4) is 0 Å². The molecule has 1 atom stereocenters. The first-order valence-electron chi connectivity index (χ1n) is 6.88. The van der Waals surface area contributed by atoms with Gasteiger partial charge in [0, 0.05) is 18.9 Å². The van der Waals surface area contributed by atoms with Gasteiger partial charge in [-0.25, -0.2) is 0 Å². The zero-order chi connectivity index (χ0) is 13.9. The second-order valence-electron chi connectivity index (χ2n) is 5.11. The van der Waals surface area contributed by atoms with E-state index < -0.39 is 6.10 Å². The molecule has 102 valence electrons. The summed E-state index contributed by atoms with van der Waals surface area (Å²) in [5.74, 6) is 0. The molecule has 0 aliphatic rings. The summed E-state index contributed by atoms with van der Waals surface area (Å²) in [4.78, 5) is 0. The van der Waals surface area contributed by atoms with Crippen molar-refractivity contribution >= 4 is 10.8 Å². The fourth-order valence-electron chi connectivity index (χ4n) is 2.51. The molecule has 20 heavy (non-hydrogen) atoms. The Hall–Kier alpha value is -2.13. The summed E-state index contributed by atoms with van der Waals surface area (Å²) in [7, 11) is 1.93. The third kappa shape index (κ3) is 2.58. The van der Waals surface area contributed by atoms with Crippen LogP contribution in [0, 0.1) is 0 Å². The monoisotopic (exact) mass is 266 g/mol. The van der Waals surface area contributed by atoms with Crippen molar-refractivity contribution in [2.75, 3.05) is 0 Å². The molecule has 0 aliphatic heterocycles. The molecule has 0 spiro atoms. The topological polar surface area (TPSA) is 38.0 Å². The fraction of sp³-hybridized carbons (Fsp3) is 0.235. The summed E-state index contributed by atoms with van der Waals surface area (Å²) in [6, 6.07) is 16.4. The number of hydrogen-bond acceptors (Lipinski definition) is 2. The van der Waals surface area contributed by atoms with Gasteiger partial charge in [0.2, 0.25) is 0 Å². The van der Waals surface area contributed by atoms with Gasteiger partial charge >= 0.3 is 0 Å². The largest absolute Gasteiger partial charge is 0.388 e. The van der Waals surface area contributed by atoms with Gasteiger partial charge in [-0.05, 0) is 41.3 Å². The molecule has 0 saturated heterocycles. The van der Waals surface area contributed by atoms with Crippen LogP contribution in [0.15, 0.2) is 54.7 Å². The maximum Gasteiger partial charge on any atom is 0.0794 e. The Labute approximate surface area is 118 Å². The predicted octanol–water partition coefficient (Wildman–Crippen LogP) is 3.24. The average Bonchev–Trinajstić information content (AvgIpc) is 2.89. The SMILES string of the molecule is Cn1nccc1CCC(O)c1ccc2ccccc2c1. The van der Waals surface area contributed by atoms with Crippen molar-refractivity contribution in [3.05, 3.63) is 66.0 Å². The Morgan fingerprint density at radius 2 is 1.90 bits per heavy atom. The van der Waals surface area contributed by atoms with Crippen molar-refractivity contribution in [2.45, 2.75) is 18.9 Å². The van der Waals surface area contributed by atoms with E-state index in [1.807, 2.05) is 36.0 Å². The van der Waals surface area contributed by atoms with E-state index in [1.165, 1.54) is 10.8 Å². The van der Waals surface area contributed by atoms with E-state index in [9.17, 15) is 5.11 Å². The second-order valence-corrected chi connectivity index (χ2v) is 5.11. The Kier molecular flexibility index (Phi) is 3.52. The van der Waals surface area contributed by atoms with E-state index in [1.54, 1.807) is 6.20 Å². The molecule has 0 radical (unpaired) electrons. The molecule has 3 heteroatoms. The van der Waals surface area contributed by atoms with Gasteiger partial charge in [-0.15, -0.1) is 0 Å². The molecule has 2 aromatic carbocycles. The van der Waals surface area contributed by atoms with E-state index in [-0.39, 0.29) is 0 Å². The summed E-state index contributed by atoms with van der Waals surface area (Å²) in [5.41, 5.74) is 2.12. The van der Waals surface area contributed by atoms with Crippen LogP contribution in [0.5, 0.6) is 0 Å². The number of aryl methyl sites for hydroxylation is 2. The average molecular weight is 266 g/mol. The third-order valence-electron chi connectivity index (χ3n) is 3.75. The highest BCUT2D eigenvalue weighted by Crippen LogP contribution is 2.23. The van der Waals surface area contributed by atoms with E-state index in [0.717, 1.165) is 17.7 Å². The highest BCUT2D eigenvalue weighted by atomic mass is 16.3. The molecule has 3 aromatic rings. The van der Waals surface area contributed by atoms with Gasteiger partial charge in [-0.2, -0.15) is 5.10 Å². The van der Waals surface area contributed by atoms with Crippen LogP contribution in [0.25, 0.3) is 10.8 Å². The number of aliphatic hydroxyl groups excluding tert-OH is 1. The van der Waals surface area contributed by atoms with Crippen LogP contribution in [-0.4, -0.2) is 14.9 Å². The molecular formula is C17H18N2O. The number of nitrogens with zero attached hydrogens (tertiary/aromatic N) is 2. The van der Waals surface area contributed by atoms with Crippen LogP contribution in [-0.2, 0) is 13.5 Å². The van der Waals surface area contributed by atoms with Crippen molar-refractivity contribution in [1.82, 2.24) is 9.78 Å². The van der Waals surface area contributed by atoms with Crippen molar-refractivity contribution in [1.29, 1.82) is 0 Å². The van der Waals surface area contributed by atoms with E-state index in [2.05, 4.69) is 29.4 Å². The lowest BCUT2D eigenvalue weighted by Crippen LogP contribution is -2.03. The molecule has 0 fully saturated rings. The summed E-state index contributed by atoms with van der Waals surface area (Å²) in [6.07, 6.45) is 2.88. The lowest BCUT2D eigenvalue weighted by molar-refractivity contribution is 0.167. The summed E-state index contributed by atoms with van der Waals surface area (Å²) in [6.45, 7) is 0. The molecule has 1 unspecified atom stereocenters. The number of fused-ring (bicyclic) bond motifs is 1. The van der Waals surface area contributed by atoms with Gasteiger partial charge in [-0.1, -0.05) is 36.4 Å². The highest BCUT2D eigenvalue weighted by Gasteiger charge is 2.09. The minimum atomic E-state index is -0.436. The molecule has 0 saturated carbocycles. The Balaban J connectivity index is 1.75. The maximum absolute atomic E-state index is 10.3. The molecule has 1 heterocycles. The number of rotatable bonds is 4. The molecule has 3 nitrogen and oxygen atoms in total. The third-order valence-corrected chi connectivity index (χ3v) is 3.75. The fourth-order valence-corrected chi connectivity index (χ4v) is 2.51. The summed E-state index contributed by atoms with van der Waals surface area (Å²) in [5, 5.41) is 16.9. The standard InChI is InChI=1S/C17H18N2O/c1-19-16(10-11-18-19)8-9-17(20)15-7-6-13-4-2-3-5-14(13)12-15/h2-7,10-12,17,20H,8-9H2,1H3. The zero-order valence-corrected chi connectivity index (χ0v) is 11.5. The number of aliphatic hydroxyl groups is 1. The van der Waals surface area contributed by atoms with Crippen molar-refractivity contribution in [3.63, 3.8) is 0 Å². The number of hydrogen-bond donors (Lipinski definition) is 1. The molecular weight excluding hydrogens is 248 g/mol. The smallest absolute Gasteiger partial charge is 0.0794 e. The van der Waals surface area contributed by atoms with Gasteiger partial charge < -0.3 is 5.11 Å². The van der Waals surface area contributed by atoms with E-state index in [4.69, 9.17) is 0 Å². The molecule has 1 aromatic heterocycles. The second kappa shape index (κ2) is 5.47. The number of benzene rings is 2. The van der Waals surface area contributed by atoms with Gasteiger partial charge in [0.15, 0.2) is 0 Å². The first-order valence-corrected chi connectivity index (χ1v) is 6.88. The van der Waals surface area contributed by atoms with Crippen LogP contribution in [0.1, 0.15) is 23.8 Å². The Morgan fingerprint density at radius 1 is 1.10 bits per heavy atom. The van der Waals surface area contributed by atoms with Crippen LogP contribution in [0.4, 0.5) is 0 Å². The van der Waals surface area contributed by atoms with Gasteiger partial charge in [-0.3, -0.25) is 4.68 Å². The molecule has 0 bridgehead atoms. The van der Waals surface area contributed by atoms with Gasteiger partial charge in [0.1, 0.15) is 0 Å². The van der Waals surface area contributed by atoms with Crippen LogP contribution < -0.4 is 0 Å². The molecule has 1 N–H and O–H groups in total. The molecule has 3 rings (SSSR count). The lowest BCUT2D eigenvalue weighted by atomic mass is 10.00. The lowest BCUT2D eigenvalue weighted by Gasteiger charge is -2.12. The van der Waals surface area contributed by atoms with Crippen LogP contribution >= 0.6 is 0 Å². The van der Waals surface area contributed by atoms with Gasteiger partial charge in [0.25, 0.3) is 0 Å². The predicted molar refractivity (Wildman–Crippen MR) is 80.4 cm³/mol. The normalized spacial score (nSPS) is 12.7.